The van der Waals surface area contributed by atoms with Gasteiger partial charge in [0.1, 0.15) is 0 Å². The van der Waals surface area contributed by atoms with E-state index in [2.05, 4.69) is 10.0 Å². The Labute approximate surface area is 120 Å². The normalized spacial score (nSPS) is 10.9. The van der Waals surface area contributed by atoms with E-state index in [1.54, 1.807) is 24.3 Å². The summed E-state index contributed by atoms with van der Waals surface area (Å²) in [6, 6.07) is 6.59. The predicted octanol–water partition coefficient (Wildman–Crippen LogP) is 1.36. The van der Waals surface area contributed by atoms with Gasteiger partial charge in [0.05, 0.1) is 4.90 Å². The summed E-state index contributed by atoms with van der Waals surface area (Å²) in [4.78, 5) is 11.5. The van der Waals surface area contributed by atoms with Crippen molar-refractivity contribution in [3.8, 4) is 0 Å². The minimum atomic E-state index is -3.51. The molecule has 0 aromatic heterocycles. The van der Waals surface area contributed by atoms with Gasteiger partial charge in [-0.3, -0.25) is 4.79 Å². The molecule has 5 nitrogen and oxygen atoms in total. The second-order valence-corrected chi connectivity index (χ2v) is 6.49. The average molecular weight is 296 g/mol. The number of aryl methyl sites for hydroxylation is 1. The van der Waals surface area contributed by atoms with E-state index in [-0.39, 0.29) is 23.9 Å². The summed E-state index contributed by atoms with van der Waals surface area (Å²) in [5.74, 6) is -0.223. The zero-order chi connectivity index (χ0) is 15.2. The molecule has 1 aromatic carbocycles. The molecule has 20 heavy (non-hydrogen) atoms. The molecule has 0 saturated heterocycles. The van der Waals surface area contributed by atoms with Crippen LogP contribution in [-0.4, -0.2) is 27.4 Å². The van der Waals surface area contributed by atoms with E-state index < -0.39 is 10.0 Å². The Morgan fingerprint density at radius 1 is 1.15 bits per heavy atom. The molecule has 0 fully saturated rings. The number of sulfonamides is 1. The Morgan fingerprint density at radius 2 is 1.75 bits per heavy atom. The van der Waals surface area contributed by atoms with Crippen molar-refractivity contribution in [3.05, 3.63) is 41.5 Å². The molecule has 0 heterocycles. The standard InChI is InChI=1S/C14H20N2O3S/c1-11(2)10-14(17)15-8-9-16-20(18,19)13-6-4-12(3)5-7-13/h4-7,10,16H,8-9H2,1-3H3,(H,15,17). The Morgan fingerprint density at radius 3 is 2.30 bits per heavy atom. The molecule has 0 radical (unpaired) electrons. The van der Waals surface area contributed by atoms with Gasteiger partial charge >= 0.3 is 0 Å². The van der Waals surface area contributed by atoms with Crippen LogP contribution in [0, 0.1) is 6.92 Å². The van der Waals surface area contributed by atoms with Crippen LogP contribution in [0.15, 0.2) is 40.8 Å². The molecule has 6 heteroatoms. The fourth-order valence-electron chi connectivity index (χ4n) is 1.49. The van der Waals surface area contributed by atoms with E-state index in [0.717, 1.165) is 11.1 Å². The predicted molar refractivity (Wildman–Crippen MR) is 78.8 cm³/mol. The number of benzene rings is 1. The van der Waals surface area contributed by atoms with Gasteiger partial charge in [-0.05, 0) is 32.9 Å². The van der Waals surface area contributed by atoms with E-state index in [4.69, 9.17) is 0 Å². The highest BCUT2D eigenvalue weighted by Gasteiger charge is 2.12. The quantitative estimate of drug-likeness (QED) is 0.615. The highest BCUT2D eigenvalue weighted by molar-refractivity contribution is 7.89. The maximum atomic E-state index is 11.9. The van der Waals surface area contributed by atoms with Crippen LogP contribution in [0.4, 0.5) is 0 Å². The van der Waals surface area contributed by atoms with Crippen LogP contribution < -0.4 is 10.0 Å². The molecule has 1 amide bonds. The molecular weight excluding hydrogens is 276 g/mol. The van der Waals surface area contributed by atoms with Crippen LogP contribution in [0.25, 0.3) is 0 Å². The number of amides is 1. The molecule has 0 atom stereocenters. The first-order valence-corrected chi connectivity index (χ1v) is 7.78. The van der Waals surface area contributed by atoms with Gasteiger partial charge < -0.3 is 5.32 Å². The zero-order valence-electron chi connectivity index (χ0n) is 11.9. The minimum absolute atomic E-state index is 0.151. The number of carbonyl (C=O) groups excluding carboxylic acids is 1. The van der Waals surface area contributed by atoms with Gasteiger partial charge in [0.2, 0.25) is 15.9 Å². The first-order chi connectivity index (χ1) is 9.31. The van der Waals surface area contributed by atoms with Crippen molar-refractivity contribution >= 4 is 15.9 Å². The number of carbonyl (C=O) groups is 1. The van der Waals surface area contributed by atoms with Crippen LogP contribution in [0.2, 0.25) is 0 Å². The number of hydrogen-bond donors (Lipinski definition) is 2. The molecule has 0 saturated carbocycles. The molecule has 1 rings (SSSR count). The Kier molecular flexibility index (Phi) is 5.91. The molecule has 0 aliphatic rings. The number of allylic oxidation sites excluding steroid dienone is 1. The van der Waals surface area contributed by atoms with E-state index in [1.165, 1.54) is 6.08 Å². The number of nitrogens with one attached hydrogen (secondary N) is 2. The Hall–Kier alpha value is -1.66. The van der Waals surface area contributed by atoms with Gasteiger partial charge in [-0.2, -0.15) is 0 Å². The van der Waals surface area contributed by atoms with Crippen molar-refractivity contribution in [2.24, 2.45) is 0 Å². The third-order valence-electron chi connectivity index (χ3n) is 2.47. The van der Waals surface area contributed by atoms with E-state index >= 15 is 0 Å². The van der Waals surface area contributed by atoms with E-state index in [0.29, 0.717) is 0 Å². The molecule has 0 aliphatic heterocycles. The van der Waals surface area contributed by atoms with E-state index in [9.17, 15) is 13.2 Å². The van der Waals surface area contributed by atoms with Crippen molar-refractivity contribution in [1.82, 2.24) is 10.0 Å². The zero-order valence-corrected chi connectivity index (χ0v) is 12.8. The van der Waals surface area contributed by atoms with Gasteiger partial charge in [-0.25, -0.2) is 13.1 Å². The van der Waals surface area contributed by atoms with Crippen molar-refractivity contribution in [1.29, 1.82) is 0 Å². The first-order valence-electron chi connectivity index (χ1n) is 6.30. The summed E-state index contributed by atoms with van der Waals surface area (Å²) in [6.45, 7) is 5.92. The van der Waals surface area contributed by atoms with Gasteiger partial charge in [0, 0.05) is 19.2 Å². The first kappa shape index (κ1) is 16.4. The smallest absolute Gasteiger partial charge is 0.243 e. The molecule has 2 N–H and O–H groups in total. The lowest BCUT2D eigenvalue weighted by molar-refractivity contribution is -0.116. The lowest BCUT2D eigenvalue weighted by Crippen LogP contribution is -2.34. The summed E-state index contributed by atoms with van der Waals surface area (Å²) in [7, 11) is -3.51. The van der Waals surface area contributed by atoms with Crippen LogP contribution >= 0.6 is 0 Å². The minimum Gasteiger partial charge on any atom is -0.351 e. The maximum absolute atomic E-state index is 11.9. The van der Waals surface area contributed by atoms with Gasteiger partial charge in [0.25, 0.3) is 0 Å². The highest BCUT2D eigenvalue weighted by atomic mass is 32.2. The van der Waals surface area contributed by atoms with Gasteiger partial charge in [0.15, 0.2) is 0 Å². The van der Waals surface area contributed by atoms with Crippen molar-refractivity contribution in [2.75, 3.05) is 13.1 Å². The van der Waals surface area contributed by atoms with E-state index in [1.807, 2.05) is 20.8 Å². The summed E-state index contributed by atoms with van der Waals surface area (Å²) in [6.07, 6.45) is 1.47. The highest BCUT2D eigenvalue weighted by Crippen LogP contribution is 2.09. The number of rotatable bonds is 6. The molecule has 0 spiro atoms. The third-order valence-corrected chi connectivity index (χ3v) is 3.94. The van der Waals surface area contributed by atoms with Crippen LogP contribution in [0.5, 0.6) is 0 Å². The van der Waals surface area contributed by atoms with Crippen LogP contribution in [0.1, 0.15) is 19.4 Å². The summed E-state index contributed by atoms with van der Waals surface area (Å²) in [5.41, 5.74) is 1.89. The Balaban J connectivity index is 2.47. The van der Waals surface area contributed by atoms with Crippen LogP contribution in [0.3, 0.4) is 0 Å². The van der Waals surface area contributed by atoms with Gasteiger partial charge in [-0.1, -0.05) is 23.3 Å². The molecule has 0 bridgehead atoms. The fraction of sp³-hybridized carbons (Fsp3) is 0.357. The largest absolute Gasteiger partial charge is 0.351 e. The average Bonchev–Trinajstić information content (AvgIpc) is 2.34. The molecular formula is C14H20N2O3S. The summed E-state index contributed by atoms with van der Waals surface area (Å²) < 4.78 is 26.3. The maximum Gasteiger partial charge on any atom is 0.243 e. The monoisotopic (exact) mass is 296 g/mol. The Bertz CT molecular complexity index is 585. The van der Waals surface area contributed by atoms with Crippen molar-refractivity contribution in [3.63, 3.8) is 0 Å². The molecule has 110 valence electrons. The van der Waals surface area contributed by atoms with Crippen molar-refractivity contribution in [2.45, 2.75) is 25.7 Å². The third kappa shape index (κ3) is 5.54. The molecule has 0 unspecified atom stereocenters. The second kappa shape index (κ2) is 7.21. The molecule has 1 aromatic rings. The summed E-state index contributed by atoms with van der Waals surface area (Å²) >= 11 is 0. The topological polar surface area (TPSA) is 75.3 Å². The summed E-state index contributed by atoms with van der Waals surface area (Å²) in [5, 5.41) is 2.60. The second-order valence-electron chi connectivity index (χ2n) is 4.72. The number of hydrogen-bond acceptors (Lipinski definition) is 3. The molecule has 0 aliphatic carbocycles. The lowest BCUT2D eigenvalue weighted by atomic mass is 10.2. The van der Waals surface area contributed by atoms with Crippen LogP contribution in [-0.2, 0) is 14.8 Å². The van der Waals surface area contributed by atoms with Crippen molar-refractivity contribution < 1.29 is 13.2 Å². The SMILES string of the molecule is CC(C)=CC(=O)NCCNS(=O)(=O)c1ccc(C)cc1. The fourth-order valence-corrected chi connectivity index (χ4v) is 2.52. The lowest BCUT2D eigenvalue weighted by Gasteiger charge is -2.07. The van der Waals surface area contributed by atoms with Gasteiger partial charge in [-0.15, -0.1) is 0 Å².